The van der Waals surface area contributed by atoms with Gasteiger partial charge in [0.05, 0.1) is 37.0 Å². The molecule has 0 bridgehead atoms. The molecule has 1 saturated heterocycles. The van der Waals surface area contributed by atoms with Crippen molar-refractivity contribution in [2.75, 3.05) is 49.6 Å². The van der Waals surface area contributed by atoms with Crippen LogP contribution in [0.4, 0.5) is 15.8 Å². The van der Waals surface area contributed by atoms with Crippen LogP contribution < -0.4 is 15.0 Å². The molecule has 1 N–H and O–H groups in total. The Hall–Kier alpha value is -2.84. The number of rotatable bonds is 4. The van der Waals surface area contributed by atoms with Crippen LogP contribution in [0.3, 0.4) is 0 Å². The van der Waals surface area contributed by atoms with Crippen molar-refractivity contribution >= 4 is 34.8 Å². The van der Waals surface area contributed by atoms with E-state index < -0.39 is 11.9 Å². The van der Waals surface area contributed by atoms with E-state index in [0.717, 1.165) is 5.69 Å². The molecule has 2 aliphatic heterocycles. The van der Waals surface area contributed by atoms with Crippen LogP contribution in [-0.2, 0) is 14.3 Å². The zero-order valence-corrected chi connectivity index (χ0v) is 16.9. The van der Waals surface area contributed by atoms with Gasteiger partial charge in [-0.3, -0.25) is 9.59 Å². The molecule has 158 valence electrons. The summed E-state index contributed by atoms with van der Waals surface area (Å²) in [4.78, 5) is 29.1. The molecule has 1 atom stereocenters. The summed E-state index contributed by atoms with van der Waals surface area (Å²) in [6.07, 6.45) is -0.717. The van der Waals surface area contributed by atoms with Crippen LogP contribution in [0.2, 0.25) is 5.02 Å². The number of carbonyl (C=O) groups excluding carboxylic acids is 2. The summed E-state index contributed by atoms with van der Waals surface area (Å²) < 4.78 is 24.6. The molecule has 0 unspecified atom stereocenters. The molecule has 9 heteroatoms. The van der Waals surface area contributed by atoms with E-state index in [1.165, 1.54) is 18.2 Å². The van der Waals surface area contributed by atoms with Crippen LogP contribution >= 0.6 is 11.6 Å². The SMILES string of the molecule is O=C(CN1C[C@@H](C(=O)N2CCOCC2)Oc2ccccc21)Nc1ccc(F)c(Cl)c1. The van der Waals surface area contributed by atoms with E-state index in [1.54, 1.807) is 11.0 Å². The molecule has 2 aromatic carbocycles. The number of fused-ring (bicyclic) bond motifs is 1. The predicted octanol–water partition coefficient (Wildman–Crippen LogP) is 2.54. The van der Waals surface area contributed by atoms with Crippen molar-refractivity contribution in [1.29, 1.82) is 0 Å². The first-order valence-corrected chi connectivity index (χ1v) is 10.0. The first-order chi connectivity index (χ1) is 14.5. The summed E-state index contributed by atoms with van der Waals surface area (Å²) >= 11 is 5.78. The van der Waals surface area contributed by atoms with Crippen molar-refractivity contribution < 1.29 is 23.5 Å². The highest BCUT2D eigenvalue weighted by molar-refractivity contribution is 6.31. The Balaban J connectivity index is 1.48. The van der Waals surface area contributed by atoms with Crippen molar-refractivity contribution in [2.24, 2.45) is 0 Å². The molecule has 7 nitrogen and oxygen atoms in total. The minimum Gasteiger partial charge on any atom is -0.477 e. The quantitative estimate of drug-likeness (QED) is 0.802. The number of anilines is 2. The lowest BCUT2D eigenvalue weighted by Gasteiger charge is -2.38. The van der Waals surface area contributed by atoms with Gasteiger partial charge in [-0.25, -0.2) is 4.39 Å². The Bertz CT molecular complexity index is 952. The van der Waals surface area contributed by atoms with Gasteiger partial charge in [-0.1, -0.05) is 23.7 Å². The average Bonchev–Trinajstić information content (AvgIpc) is 2.76. The number of para-hydroxylation sites is 2. The Kier molecular flexibility index (Phi) is 6.06. The average molecular weight is 434 g/mol. The van der Waals surface area contributed by atoms with Gasteiger partial charge in [0.15, 0.2) is 6.10 Å². The van der Waals surface area contributed by atoms with Crippen LogP contribution in [0.1, 0.15) is 0 Å². The summed E-state index contributed by atoms with van der Waals surface area (Å²) in [5.74, 6) is -0.440. The van der Waals surface area contributed by atoms with Crippen molar-refractivity contribution in [2.45, 2.75) is 6.10 Å². The van der Waals surface area contributed by atoms with E-state index in [2.05, 4.69) is 5.32 Å². The maximum atomic E-state index is 13.3. The van der Waals surface area contributed by atoms with Gasteiger partial charge in [0.1, 0.15) is 11.6 Å². The number of halogens is 2. The van der Waals surface area contributed by atoms with Crippen LogP contribution in [0.15, 0.2) is 42.5 Å². The number of nitrogens with zero attached hydrogens (tertiary/aromatic N) is 2. The topological polar surface area (TPSA) is 71.1 Å². The molecule has 2 aliphatic rings. The van der Waals surface area contributed by atoms with Gasteiger partial charge < -0.3 is 24.6 Å². The molecule has 30 heavy (non-hydrogen) atoms. The molecule has 2 amide bonds. The lowest BCUT2D eigenvalue weighted by Crippen LogP contribution is -2.53. The fraction of sp³-hybridized carbons (Fsp3) is 0.333. The normalized spacial score (nSPS) is 18.4. The Labute approximate surface area is 178 Å². The second-order valence-electron chi connectivity index (χ2n) is 7.07. The smallest absolute Gasteiger partial charge is 0.265 e. The predicted molar refractivity (Wildman–Crippen MR) is 111 cm³/mol. The zero-order valence-electron chi connectivity index (χ0n) is 16.1. The van der Waals surface area contributed by atoms with Gasteiger partial charge in [0, 0.05) is 18.8 Å². The van der Waals surface area contributed by atoms with Gasteiger partial charge in [0.2, 0.25) is 5.91 Å². The van der Waals surface area contributed by atoms with Crippen LogP contribution in [-0.4, -0.2) is 62.2 Å². The van der Waals surface area contributed by atoms with E-state index in [4.69, 9.17) is 21.1 Å². The van der Waals surface area contributed by atoms with Crippen molar-refractivity contribution in [1.82, 2.24) is 4.90 Å². The number of amides is 2. The van der Waals surface area contributed by atoms with E-state index in [0.29, 0.717) is 37.7 Å². The second kappa shape index (κ2) is 8.89. The standard InChI is InChI=1S/C21H21ClFN3O4/c22-15-11-14(5-6-16(15)23)24-20(27)13-26-12-19(21(28)25-7-9-29-10-8-25)30-18-4-2-1-3-17(18)26/h1-6,11,19H,7-10,12-13H2,(H,24,27)/t19-/m0/s1. The lowest BCUT2D eigenvalue weighted by molar-refractivity contribution is -0.142. The fourth-order valence-corrected chi connectivity index (χ4v) is 3.70. The highest BCUT2D eigenvalue weighted by atomic mass is 35.5. The van der Waals surface area contributed by atoms with Gasteiger partial charge in [-0.2, -0.15) is 0 Å². The second-order valence-corrected chi connectivity index (χ2v) is 7.48. The van der Waals surface area contributed by atoms with E-state index in [1.807, 2.05) is 23.1 Å². The number of hydrogen-bond donors (Lipinski definition) is 1. The number of carbonyl (C=O) groups is 2. The van der Waals surface area contributed by atoms with Crippen LogP contribution in [0.5, 0.6) is 5.75 Å². The van der Waals surface area contributed by atoms with Crippen molar-refractivity contribution in [3.05, 3.63) is 53.3 Å². The summed E-state index contributed by atoms with van der Waals surface area (Å²) in [5, 5.41) is 2.64. The number of nitrogens with one attached hydrogen (secondary N) is 1. The summed E-state index contributed by atoms with van der Waals surface area (Å²) in [6, 6.07) is 11.3. The summed E-state index contributed by atoms with van der Waals surface area (Å²) in [5.41, 5.74) is 1.13. The van der Waals surface area contributed by atoms with Gasteiger partial charge >= 0.3 is 0 Å². The lowest BCUT2D eigenvalue weighted by atomic mass is 10.1. The first kappa shape index (κ1) is 20.4. The molecule has 0 saturated carbocycles. The largest absolute Gasteiger partial charge is 0.477 e. The van der Waals surface area contributed by atoms with Crippen LogP contribution in [0.25, 0.3) is 0 Å². The monoisotopic (exact) mass is 433 g/mol. The highest BCUT2D eigenvalue weighted by Gasteiger charge is 2.34. The molecule has 0 aliphatic carbocycles. The Morgan fingerprint density at radius 2 is 1.93 bits per heavy atom. The Morgan fingerprint density at radius 1 is 1.17 bits per heavy atom. The number of ether oxygens (including phenoxy) is 2. The van der Waals surface area contributed by atoms with Crippen molar-refractivity contribution in [3.8, 4) is 5.75 Å². The highest BCUT2D eigenvalue weighted by Crippen LogP contribution is 2.33. The maximum absolute atomic E-state index is 13.3. The fourth-order valence-electron chi connectivity index (χ4n) is 3.52. The zero-order chi connectivity index (χ0) is 21.1. The molecule has 0 aromatic heterocycles. The molecule has 2 heterocycles. The molecular formula is C21H21ClFN3O4. The number of benzene rings is 2. The maximum Gasteiger partial charge on any atom is 0.265 e. The summed E-state index contributed by atoms with van der Waals surface area (Å²) in [7, 11) is 0. The molecule has 4 rings (SSSR count). The third kappa shape index (κ3) is 4.49. The molecule has 1 fully saturated rings. The molecule has 0 spiro atoms. The van der Waals surface area contributed by atoms with E-state index in [-0.39, 0.29) is 29.9 Å². The van der Waals surface area contributed by atoms with Gasteiger partial charge in [-0.05, 0) is 30.3 Å². The van der Waals surface area contributed by atoms with Crippen molar-refractivity contribution in [3.63, 3.8) is 0 Å². The van der Waals surface area contributed by atoms with Gasteiger partial charge in [0.25, 0.3) is 5.91 Å². The molecular weight excluding hydrogens is 413 g/mol. The molecule has 2 aromatic rings. The number of hydrogen-bond acceptors (Lipinski definition) is 5. The van der Waals surface area contributed by atoms with Crippen LogP contribution in [0, 0.1) is 5.82 Å². The third-order valence-electron chi connectivity index (χ3n) is 5.00. The first-order valence-electron chi connectivity index (χ1n) is 9.63. The third-order valence-corrected chi connectivity index (χ3v) is 5.29. The van der Waals surface area contributed by atoms with E-state index >= 15 is 0 Å². The van der Waals surface area contributed by atoms with E-state index in [9.17, 15) is 14.0 Å². The molecule has 0 radical (unpaired) electrons. The number of morpholine rings is 1. The summed E-state index contributed by atoms with van der Waals surface area (Å²) in [6.45, 7) is 2.29. The minimum absolute atomic E-state index is 0.00224. The minimum atomic E-state index is -0.717. The Morgan fingerprint density at radius 3 is 2.70 bits per heavy atom. The van der Waals surface area contributed by atoms with Gasteiger partial charge in [-0.15, -0.1) is 0 Å².